The maximum absolute atomic E-state index is 11.3. The largest absolute Gasteiger partial charge is 0.465 e. The number of benzene rings is 1. The maximum Gasteiger partial charge on any atom is 0.339 e. The van der Waals surface area contributed by atoms with Crippen molar-refractivity contribution in [2.45, 2.75) is 0 Å². The van der Waals surface area contributed by atoms with Gasteiger partial charge in [-0.25, -0.2) is 9.78 Å². The third-order valence-corrected chi connectivity index (χ3v) is 2.64. The molecule has 13 heavy (non-hydrogen) atoms. The molecule has 2 aromatic rings. The van der Waals surface area contributed by atoms with E-state index >= 15 is 0 Å². The summed E-state index contributed by atoms with van der Waals surface area (Å²) >= 11 is 1.45. The zero-order valence-corrected chi connectivity index (χ0v) is 7.80. The topological polar surface area (TPSA) is 39.2 Å². The standard InChI is InChI=1S/C9H7NO2S/c1-12-9(11)6-3-2-4-7-8(6)13-5-10-7/h2-5H,1H3. The summed E-state index contributed by atoms with van der Waals surface area (Å²) in [7, 11) is 1.38. The number of fused-ring (bicyclic) bond motifs is 1. The van der Waals surface area contributed by atoms with Crippen LogP contribution in [0.15, 0.2) is 23.7 Å². The van der Waals surface area contributed by atoms with Gasteiger partial charge in [0.25, 0.3) is 0 Å². The number of hydrogen-bond acceptors (Lipinski definition) is 4. The average molecular weight is 193 g/mol. The second-order valence-corrected chi connectivity index (χ2v) is 3.35. The molecule has 0 N–H and O–H groups in total. The van der Waals surface area contributed by atoms with E-state index in [4.69, 9.17) is 0 Å². The van der Waals surface area contributed by atoms with Crippen molar-refractivity contribution in [3.63, 3.8) is 0 Å². The van der Waals surface area contributed by atoms with Crippen molar-refractivity contribution in [2.75, 3.05) is 7.11 Å². The van der Waals surface area contributed by atoms with Gasteiger partial charge in [-0.2, -0.15) is 0 Å². The van der Waals surface area contributed by atoms with Crippen LogP contribution in [0.3, 0.4) is 0 Å². The van der Waals surface area contributed by atoms with Crippen LogP contribution in [-0.2, 0) is 4.74 Å². The fraction of sp³-hybridized carbons (Fsp3) is 0.111. The molecule has 4 heteroatoms. The molecule has 2 rings (SSSR count). The Balaban J connectivity index is 2.67. The number of nitrogens with zero attached hydrogens (tertiary/aromatic N) is 1. The van der Waals surface area contributed by atoms with E-state index in [-0.39, 0.29) is 5.97 Å². The quantitative estimate of drug-likeness (QED) is 0.651. The molecule has 1 aromatic carbocycles. The summed E-state index contributed by atoms with van der Waals surface area (Å²) in [6.07, 6.45) is 0. The van der Waals surface area contributed by atoms with E-state index in [2.05, 4.69) is 9.72 Å². The second-order valence-electron chi connectivity index (χ2n) is 2.50. The average Bonchev–Trinajstić information content (AvgIpc) is 2.63. The first-order chi connectivity index (χ1) is 6.33. The molecule has 0 aliphatic carbocycles. The van der Waals surface area contributed by atoms with Crippen LogP contribution in [0.5, 0.6) is 0 Å². The number of methoxy groups -OCH3 is 1. The fourth-order valence-electron chi connectivity index (χ4n) is 1.16. The van der Waals surface area contributed by atoms with Crippen LogP contribution in [0.4, 0.5) is 0 Å². The lowest BCUT2D eigenvalue weighted by Gasteiger charge is -1.98. The van der Waals surface area contributed by atoms with Crippen molar-refractivity contribution in [3.05, 3.63) is 29.3 Å². The van der Waals surface area contributed by atoms with E-state index in [1.807, 2.05) is 6.07 Å². The SMILES string of the molecule is COC(=O)c1cccc2ncsc12. The molecule has 0 unspecified atom stereocenters. The molecule has 0 fully saturated rings. The number of hydrogen-bond donors (Lipinski definition) is 0. The highest BCUT2D eigenvalue weighted by molar-refractivity contribution is 7.17. The van der Waals surface area contributed by atoms with E-state index < -0.39 is 0 Å². The molecule has 3 nitrogen and oxygen atoms in total. The highest BCUT2D eigenvalue weighted by atomic mass is 32.1. The first-order valence-electron chi connectivity index (χ1n) is 3.73. The lowest BCUT2D eigenvalue weighted by Crippen LogP contribution is -2.00. The summed E-state index contributed by atoms with van der Waals surface area (Å²) in [5.41, 5.74) is 3.15. The molecule has 0 bridgehead atoms. The molecule has 0 saturated heterocycles. The molecule has 0 atom stereocenters. The van der Waals surface area contributed by atoms with Gasteiger partial charge in [0.15, 0.2) is 0 Å². The van der Waals surface area contributed by atoms with Gasteiger partial charge in [0.1, 0.15) is 0 Å². The Morgan fingerprint density at radius 3 is 3.15 bits per heavy atom. The lowest BCUT2D eigenvalue weighted by atomic mass is 10.2. The third kappa shape index (κ3) is 1.29. The van der Waals surface area contributed by atoms with Gasteiger partial charge < -0.3 is 4.74 Å². The smallest absolute Gasteiger partial charge is 0.339 e. The van der Waals surface area contributed by atoms with Crippen molar-refractivity contribution in [3.8, 4) is 0 Å². The minimum atomic E-state index is -0.310. The first-order valence-corrected chi connectivity index (χ1v) is 4.61. The van der Waals surface area contributed by atoms with Gasteiger partial charge >= 0.3 is 5.97 Å². The number of esters is 1. The van der Waals surface area contributed by atoms with E-state index in [0.717, 1.165) is 10.2 Å². The third-order valence-electron chi connectivity index (χ3n) is 1.76. The number of rotatable bonds is 1. The Labute approximate surface area is 79.0 Å². The van der Waals surface area contributed by atoms with Crippen molar-refractivity contribution in [1.29, 1.82) is 0 Å². The van der Waals surface area contributed by atoms with Gasteiger partial charge in [-0.1, -0.05) is 6.07 Å². The highest BCUT2D eigenvalue weighted by Crippen LogP contribution is 2.22. The van der Waals surface area contributed by atoms with Crippen LogP contribution in [0.2, 0.25) is 0 Å². The zero-order valence-electron chi connectivity index (χ0n) is 6.98. The van der Waals surface area contributed by atoms with Crippen molar-refractivity contribution >= 4 is 27.5 Å². The van der Waals surface area contributed by atoms with E-state index in [9.17, 15) is 4.79 Å². The molecule has 0 saturated carbocycles. The van der Waals surface area contributed by atoms with Crippen molar-refractivity contribution in [1.82, 2.24) is 4.98 Å². The molecule has 66 valence electrons. The van der Waals surface area contributed by atoms with Gasteiger partial charge in [0.2, 0.25) is 0 Å². The Morgan fingerprint density at radius 1 is 1.54 bits per heavy atom. The molecule has 0 radical (unpaired) electrons. The highest BCUT2D eigenvalue weighted by Gasteiger charge is 2.10. The Hall–Kier alpha value is -1.42. The van der Waals surface area contributed by atoms with Crippen LogP contribution in [-0.4, -0.2) is 18.1 Å². The van der Waals surface area contributed by atoms with E-state index in [1.165, 1.54) is 18.4 Å². The van der Waals surface area contributed by atoms with Crippen molar-refractivity contribution < 1.29 is 9.53 Å². The summed E-state index contributed by atoms with van der Waals surface area (Å²) < 4.78 is 5.54. The molecule has 0 aliphatic rings. The van der Waals surface area contributed by atoms with Gasteiger partial charge in [-0.15, -0.1) is 11.3 Å². The summed E-state index contributed by atoms with van der Waals surface area (Å²) in [5, 5.41) is 0. The van der Waals surface area contributed by atoms with E-state index in [1.54, 1.807) is 17.6 Å². The summed E-state index contributed by atoms with van der Waals surface area (Å²) in [6.45, 7) is 0. The van der Waals surface area contributed by atoms with Crippen LogP contribution >= 0.6 is 11.3 Å². The Kier molecular flexibility index (Phi) is 1.98. The summed E-state index contributed by atoms with van der Waals surface area (Å²) in [6, 6.07) is 5.42. The number of thiazole rings is 1. The molecular formula is C9H7NO2S. The summed E-state index contributed by atoms with van der Waals surface area (Å²) in [4.78, 5) is 15.4. The molecule has 0 spiro atoms. The molecule has 1 aromatic heterocycles. The van der Waals surface area contributed by atoms with Gasteiger partial charge in [0.05, 0.1) is 28.4 Å². The predicted octanol–water partition coefficient (Wildman–Crippen LogP) is 2.08. The van der Waals surface area contributed by atoms with Crippen LogP contribution in [0.25, 0.3) is 10.2 Å². The second kappa shape index (κ2) is 3.14. The molecule has 1 heterocycles. The molecular weight excluding hydrogens is 186 g/mol. The van der Waals surface area contributed by atoms with Gasteiger partial charge in [-0.05, 0) is 12.1 Å². The minimum Gasteiger partial charge on any atom is -0.465 e. The van der Waals surface area contributed by atoms with Gasteiger partial charge in [0, 0.05) is 0 Å². The Bertz CT molecular complexity index is 450. The Morgan fingerprint density at radius 2 is 2.38 bits per heavy atom. The monoisotopic (exact) mass is 193 g/mol. The number of carbonyl (C=O) groups is 1. The number of carbonyl (C=O) groups excluding carboxylic acids is 1. The van der Waals surface area contributed by atoms with Crippen molar-refractivity contribution in [2.24, 2.45) is 0 Å². The number of aromatic nitrogens is 1. The molecule has 0 amide bonds. The molecule has 0 aliphatic heterocycles. The zero-order chi connectivity index (χ0) is 9.26. The first kappa shape index (κ1) is 8.19. The van der Waals surface area contributed by atoms with Crippen LogP contribution in [0, 0.1) is 0 Å². The number of ether oxygens (including phenoxy) is 1. The van der Waals surface area contributed by atoms with Crippen LogP contribution < -0.4 is 0 Å². The maximum atomic E-state index is 11.3. The van der Waals surface area contributed by atoms with Crippen LogP contribution in [0.1, 0.15) is 10.4 Å². The lowest BCUT2D eigenvalue weighted by molar-refractivity contribution is 0.0603. The minimum absolute atomic E-state index is 0.310. The normalized spacial score (nSPS) is 10.2. The fourth-order valence-corrected chi connectivity index (χ4v) is 1.95. The van der Waals surface area contributed by atoms with E-state index in [0.29, 0.717) is 5.56 Å². The summed E-state index contributed by atoms with van der Waals surface area (Å²) in [5.74, 6) is -0.310. The van der Waals surface area contributed by atoms with Gasteiger partial charge in [-0.3, -0.25) is 0 Å². The predicted molar refractivity (Wildman–Crippen MR) is 51.0 cm³/mol.